The Kier molecular flexibility index (Phi) is 6.69. The molecule has 1 saturated heterocycles. The number of halogens is 2. The van der Waals surface area contributed by atoms with Crippen molar-refractivity contribution < 1.29 is 13.2 Å². The molecule has 1 heterocycles. The Hall–Kier alpha value is -1.33. The van der Waals surface area contributed by atoms with E-state index in [1.807, 2.05) is 0 Å². The van der Waals surface area contributed by atoms with Crippen molar-refractivity contribution in [3.8, 4) is 6.07 Å². The van der Waals surface area contributed by atoms with E-state index in [2.05, 4.69) is 11.4 Å². The summed E-state index contributed by atoms with van der Waals surface area (Å²) in [4.78, 5) is 12.1. The first-order chi connectivity index (χ1) is 11.8. The number of nitriles is 1. The molecule has 2 rings (SSSR count). The van der Waals surface area contributed by atoms with Gasteiger partial charge in [0, 0.05) is 30.6 Å². The van der Waals surface area contributed by atoms with Gasteiger partial charge in [-0.1, -0.05) is 23.2 Å². The summed E-state index contributed by atoms with van der Waals surface area (Å²) < 4.78 is 26.8. The van der Waals surface area contributed by atoms with Gasteiger partial charge in [-0.2, -0.15) is 9.57 Å². The third-order valence-electron chi connectivity index (χ3n) is 4.14. The van der Waals surface area contributed by atoms with Gasteiger partial charge in [-0.3, -0.25) is 4.79 Å². The molecule has 1 aliphatic rings. The third-order valence-corrected chi connectivity index (χ3v) is 6.75. The van der Waals surface area contributed by atoms with Gasteiger partial charge in [0.1, 0.15) is 4.90 Å². The first-order valence-corrected chi connectivity index (χ1v) is 10.1. The minimum absolute atomic E-state index is 0.0209. The highest BCUT2D eigenvalue weighted by molar-refractivity contribution is 7.89. The molecule has 25 heavy (non-hydrogen) atoms. The minimum atomic E-state index is -3.75. The number of hydrogen-bond acceptors (Lipinski definition) is 4. The summed E-state index contributed by atoms with van der Waals surface area (Å²) >= 11 is 11.9. The van der Waals surface area contributed by atoms with Crippen LogP contribution in [0.4, 0.5) is 0 Å². The van der Waals surface area contributed by atoms with E-state index in [1.165, 1.54) is 22.5 Å². The van der Waals surface area contributed by atoms with Crippen molar-refractivity contribution in [2.45, 2.75) is 24.7 Å². The van der Waals surface area contributed by atoms with Crippen molar-refractivity contribution in [2.75, 3.05) is 19.6 Å². The molecule has 0 spiro atoms. The SMILES string of the molecule is CC(C#N)CNC(=O)C1CCN(S(=O)(=O)c2cc(Cl)ccc2Cl)CC1. The predicted octanol–water partition coefficient (Wildman–Crippen LogP) is 2.67. The lowest BCUT2D eigenvalue weighted by molar-refractivity contribution is -0.126. The van der Waals surface area contributed by atoms with E-state index in [-0.39, 0.29) is 40.8 Å². The number of piperidine rings is 1. The number of amides is 1. The number of nitrogens with zero attached hydrogens (tertiary/aromatic N) is 2. The van der Waals surface area contributed by atoms with Crippen molar-refractivity contribution in [3.05, 3.63) is 28.2 Å². The van der Waals surface area contributed by atoms with Crippen LogP contribution in [0.3, 0.4) is 0 Å². The van der Waals surface area contributed by atoms with Gasteiger partial charge in [0.2, 0.25) is 15.9 Å². The van der Waals surface area contributed by atoms with Gasteiger partial charge in [0.25, 0.3) is 0 Å². The van der Waals surface area contributed by atoms with E-state index in [0.29, 0.717) is 24.4 Å². The van der Waals surface area contributed by atoms with E-state index >= 15 is 0 Å². The maximum absolute atomic E-state index is 12.7. The number of hydrogen-bond donors (Lipinski definition) is 1. The lowest BCUT2D eigenvalue weighted by atomic mass is 9.97. The molecule has 1 aromatic carbocycles. The highest BCUT2D eigenvalue weighted by atomic mass is 35.5. The molecule has 1 aromatic rings. The molecule has 9 heteroatoms. The summed E-state index contributed by atoms with van der Waals surface area (Å²) in [6, 6.07) is 6.37. The molecule has 1 aliphatic heterocycles. The number of nitrogens with one attached hydrogen (secondary N) is 1. The Balaban J connectivity index is 2.01. The monoisotopic (exact) mass is 403 g/mol. The second-order valence-corrected chi connectivity index (χ2v) is 8.78. The van der Waals surface area contributed by atoms with Gasteiger partial charge >= 0.3 is 0 Å². The quantitative estimate of drug-likeness (QED) is 0.817. The first kappa shape index (κ1) is 20.0. The number of benzene rings is 1. The maximum Gasteiger partial charge on any atom is 0.244 e. The van der Waals surface area contributed by atoms with Crippen LogP contribution < -0.4 is 5.32 Å². The minimum Gasteiger partial charge on any atom is -0.355 e. The molecule has 1 unspecified atom stereocenters. The van der Waals surface area contributed by atoms with Crippen LogP contribution in [0.5, 0.6) is 0 Å². The molecule has 0 radical (unpaired) electrons. The molecule has 0 saturated carbocycles. The van der Waals surface area contributed by atoms with Crippen LogP contribution in [0.25, 0.3) is 0 Å². The topological polar surface area (TPSA) is 90.3 Å². The lowest BCUT2D eigenvalue weighted by Gasteiger charge is -2.30. The van der Waals surface area contributed by atoms with Crippen molar-refractivity contribution in [1.82, 2.24) is 9.62 Å². The van der Waals surface area contributed by atoms with Crippen LogP contribution in [0.1, 0.15) is 19.8 Å². The van der Waals surface area contributed by atoms with Crippen LogP contribution >= 0.6 is 23.2 Å². The van der Waals surface area contributed by atoms with E-state index in [9.17, 15) is 13.2 Å². The molecule has 0 bridgehead atoms. The second-order valence-electron chi connectivity index (χ2n) is 6.03. The average molecular weight is 404 g/mol. The van der Waals surface area contributed by atoms with Crippen molar-refractivity contribution in [2.24, 2.45) is 11.8 Å². The molecule has 0 aliphatic carbocycles. The van der Waals surface area contributed by atoms with E-state index < -0.39 is 10.0 Å². The fourth-order valence-electron chi connectivity index (χ4n) is 2.62. The van der Waals surface area contributed by atoms with Crippen LogP contribution in [0.2, 0.25) is 10.0 Å². The zero-order valence-electron chi connectivity index (χ0n) is 13.7. The van der Waals surface area contributed by atoms with E-state index in [4.69, 9.17) is 28.5 Å². The Bertz CT molecular complexity index is 784. The number of sulfonamides is 1. The Morgan fingerprint density at radius 1 is 1.40 bits per heavy atom. The Labute approximate surface area is 157 Å². The van der Waals surface area contributed by atoms with Gasteiger partial charge in [0.15, 0.2) is 0 Å². The molecule has 1 N–H and O–H groups in total. The summed E-state index contributed by atoms with van der Waals surface area (Å²) in [5.41, 5.74) is 0. The standard InChI is InChI=1S/C16H19Cl2N3O3S/c1-11(9-19)10-20-16(22)12-4-6-21(7-5-12)25(23,24)15-8-13(17)2-3-14(15)18/h2-3,8,11-12H,4-7,10H2,1H3,(H,20,22). The second kappa shape index (κ2) is 8.37. The summed E-state index contributed by atoms with van der Waals surface area (Å²) in [5.74, 6) is -0.651. The summed E-state index contributed by atoms with van der Waals surface area (Å²) in [7, 11) is -3.75. The molecule has 1 atom stereocenters. The zero-order chi connectivity index (χ0) is 18.6. The Morgan fingerprint density at radius 3 is 2.64 bits per heavy atom. The van der Waals surface area contributed by atoms with Gasteiger partial charge < -0.3 is 5.32 Å². The third kappa shape index (κ3) is 4.85. The zero-order valence-corrected chi connectivity index (χ0v) is 16.0. The molecular formula is C16H19Cl2N3O3S. The highest BCUT2D eigenvalue weighted by Gasteiger charge is 2.33. The average Bonchev–Trinajstić information content (AvgIpc) is 2.61. The molecule has 6 nitrogen and oxygen atoms in total. The number of rotatable bonds is 5. The smallest absolute Gasteiger partial charge is 0.244 e. The maximum atomic E-state index is 12.7. The summed E-state index contributed by atoms with van der Waals surface area (Å²) in [6.07, 6.45) is 0.842. The van der Waals surface area contributed by atoms with Crippen LogP contribution in [-0.2, 0) is 14.8 Å². The fourth-order valence-corrected chi connectivity index (χ4v) is 4.82. The highest BCUT2D eigenvalue weighted by Crippen LogP contribution is 2.30. The van der Waals surface area contributed by atoms with E-state index in [0.717, 1.165) is 0 Å². The predicted molar refractivity (Wildman–Crippen MR) is 95.7 cm³/mol. The fraction of sp³-hybridized carbons (Fsp3) is 0.500. The van der Waals surface area contributed by atoms with Crippen molar-refractivity contribution in [1.29, 1.82) is 5.26 Å². The van der Waals surface area contributed by atoms with Gasteiger partial charge in [-0.05, 0) is 38.0 Å². The normalized spacial score (nSPS) is 17.7. The van der Waals surface area contributed by atoms with Crippen LogP contribution in [-0.4, -0.2) is 38.3 Å². The van der Waals surface area contributed by atoms with Gasteiger partial charge in [-0.25, -0.2) is 8.42 Å². The number of carbonyl (C=O) groups excluding carboxylic acids is 1. The number of carbonyl (C=O) groups is 1. The largest absolute Gasteiger partial charge is 0.355 e. The molecule has 1 amide bonds. The van der Waals surface area contributed by atoms with Crippen molar-refractivity contribution >= 4 is 39.1 Å². The molecule has 1 fully saturated rings. The summed E-state index contributed by atoms with van der Waals surface area (Å²) in [6.45, 7) is 2.49. The Morgan fingerprint density at radius 2 is 2.04 bits per heavy atom. The van der Waals surface area contributed by atoms with Crippen LogP contribution in [0, 0.1) is 23.2 Å². The van der Waals surface area contributed by atoms with Crippen molar-refractivity contribution in [3.63, 3.8) is 0 Å². The lowest BCUT2D eigenvalue weighted by Crippen LogP contribution is -2.43. The summed E-state index contributed by atoms with van der Waals surface area (Å²) in [5, 5.41) is 11.9. The first-order valence-electron chi connectivity index (χ1n) is 7.88. The molecule has 136 valence electrons. The van der Waals surface area contributed by atoms with E-state index in [1.54, 1.807) is 6.92 Å². The molecular weight excluding hydrogens is 385 g/mol. The van der Waals surface area contributed by atoms with Gasteiger partial charge in [-0.15, -0.1) is 0 Å². The molecule has 0 aromatic heterocycles. The van der Waals surface area contributed by atoms with Gasteiger partial charge in [0.05, 0.1) is 17.0 Å². The van der Waals surface area contributed by atoms with Crippen LogP contribution in [0.15, 0.2) is 23.1 Å².